The summed E-state index contributed by atoms with van der Waals surface area (Å²) in [6.07, 6.45) is 1.50. The van der Waals surface area contributed by atoms with E-state index in [1.807, 2.05) is 43.3 Å². The minimum absolute atomic E-state index is 0.0327. The van der Waals surface area contributed by atoms with Crippen LogP contribution in [0.4, 0.5) is 0 Å². The number of carbonyl (C=O) groups is 2. The number of ether oxygens (including phenoxy) is 1. The topological polar surface area (TPSA) is 99.4 Å². The number of carbonyl (C=O) groups excluding carboxylic acids is 1. The third kappa shape index (κ3) is 5.83. The van der Waals surface area contributed by atoms with Gasteiger partial charge < -0.3 is 15.2 Å². The Hall–Kier alpha value is -4.37. The molecular weight excluding hydrogens is 404 g/mol. The third-order valence-corrected chi connectivity index (χ3v) is 4.83. The van der Waals surface area contributed by atoms with Crippen molar-refractivity contribution in [1.29, 1.82) is 5.26 Å². The Kier molecular flexibility index (Phi) is 7.39. The van der Waals surface area contributed by atoms with E-state index in [9.17, 15) is 14.9 Å². The molecule has 2 N–H and O–H groups in total. The van der Waals surface area contributed by atoms with Gasteiger partial charge in [0.25, 0.3) is 5.91 Å². The quantitative estimate of drug-likeness (QED) is 0.400. The summed E-state index contributed by atoms with van der Waals surface area (Å²) < 4.78 is 5.87. The highest BCUT2D eigenvalue weighted by atomic mass is 16.5. The predicted octanol–water partition coefficient (Wildman–Crippen LogP) is 4.75. The zero-order valence-corrected chi connectivity index (χ0v) is 17.5. The Morgan fingerprint density at radius 2 is 1.69 bits per heavy atom. The van der Waals surface area contributed by atoms with Gasteiger partial charge >= 0.3 is 5.97 Å². The second-order valence-corrected chi connectivity index (χ2v) is 7.10. The average molecular weight is 426 g/mol. The van der Waals surface area contributed by atoms with Gasteiger partial charge in [-0.1, -0.05) is 60.7 Å². The summed E-state index contributed by atoms with van der Waals surface area (Å²) in [5.74, 6) is -0.953. The highest BCUT2D eigenvalue weighted by molar-refractivity contribution is 6.02. The Labute approximate surface area is 186 Å². The maximum absolute atomic E-state index is 12.6. The van der Waals surface area contributed by atoms with Crippen LogP contribution in [0.2, 0.25) is 0 Å². The summed E-state index contributed by atoms with van der Waals surface area (Å²) >= 11 is 0. The molecule has 0 aliphatic rings. The first-order valence-corrected chi connectivity index (χ1v) is 9.99. The van der Waals surface area contributed by atoms with Gasteiger partial charge in [-0.25, -0.2) is 4.79 Å². The van der Waals surface area contributed by atoms with Crippen LogP contribution < -0.4 is 10.1 Å². The Balaban J connectivity index is 1.73. The van der Waals surface area contributed by atoms with Crippen molar-refractivity contribution in [3.05, 3.63) is 107 Å². The number of nitriles is 1. The highest BCUT2D eigenvalue weighted by Gasteiger charge is 2.14. The molecule has 0 aliphatic heterocycles. The summed E-state index contributed by atoms with van der Waals surface area (Å²) in [6.45, 7) is 2.07. The van der Waals surface area contributed by atoms with E-state index in [4.69, 9.17) is 9.84 Å². The molecule has 0 bridgehead atoms. The van der Waals surface area contributed by atoms with E-state index < -0.39 is 11.9 Å². The molecule has 0 unspecified atom stereocenters. The molecule has 6 nitrogen and oxygen atoms in total. The van der Waals surface area contributed by atoms with Crippen molar-refractivity contribution in [2.75, 3.05) is 0 Å². The molecule has 3 aromatic rings. The number of hydrogen-bond acceptors (Lipinski definition) is 4. The average Bonchev–Trinajstić information content (AvgIpc) is 2.82. The molecule has 1 amide bonds. The normalized spacial score (nSPS) is 11.8. The standard InChI is InChI=1S/C26H22N2O4/c1-18(20-7-3-2-4-8-20)28-25(29)23(16-27)15-22-9-5-6-10-24(22)32-17-19-11-13-21(14-12-19)26(30)31/h2-15,18H,17H2,1H3,(H,28,29)(H,30,31)/b23-15-/t18-/m0/s1. The molecule has 3 aromatic carbocycles. The summed E-state index contributed by atoms with van der Waals surface area (Å²) in [4.78, 5) is 23.6. The first-order valence-electron chi connectivity index (χ1n) is 9.99. The lowest BCUT2D eigenvalue weighted by Crippen LogP contribution is -2.27. The Bertz CT molecular complexity index is 1160. The van der Waals surface area contributed by atoms with Crippen molar-refractivity contribution in [1.82, 2.24) is 5.32 Å². The van der Waals surface area contributed by atoms with Crippen LogP contribution in [0.3, 0.4) is 0 Å². The van der Waals surface area contributed by atoms with E-state index in [-0.39, 0.29) is 23.8 Å². The second kappa shape index (κ2) is 10.6. The number of nitrogens with one attached hydrogen (secondary N) is 1. The number of benzene rings is 3. The van der Waals surface area contributed by atoms with Crippen LogP contribution >= 0.6 is 0 Å². The molecule has 0 aromatic heterocycles. The van der Waals surface area contributed by atoms with Gasteiger partial charge in [-0.3, -0.25) is 4.79 Å². The van der Waals surface area contributed by atoms with Crippen LogP contribution in [-0.4, -0.2) is 17.0 Å². The molecule has 6 heteroatoms. The van der Waals surface area contributed by atoms with Gasteiger partial charge in [-0.15, -0.1) is 0 Å². The van der Waals surface area contributed by atoms with Crippen LogP contribution in [0, 0.1) is 11.3 Å². The van der Waals surface area contributed by atoms with Gasteiger partial charge in [-0.2, -0.15) is 5.26 Å². The molecule has 0 saturated carbocycles. The molecule has 0 saturated heterocycles. The molecule has 32 heavy (non-hydrogen) atoms. The van der Waals surface area contributed by atoms with Gasteiger partial charge in [0.05, 0.1) is 11.6 Å². The molecule has 0 radical (unpaired) electrons. The fourth-order valence-electron chi connectivity index (χ4n) is 3.04. The lowest BCUT2D eigenvalue weighted by Gasteiger charge is -2.14. The summed E-state index contributed by atoms with van der Waals surface area (Å²) in [7, 11) is 0. The van der Waals surface area contributed by atoms with E-state index >= 15 is 0 Å². The first-order chi connectivity index (χ1) is 15.5. The van der Waals surface area contributed by atoms with Crippen LogP contribution in [0.15, 0.2) is 84.4 Å². The fraction of sp³-hybridized carbons (Fsp3) is 0.115. The maximum Gasteiger partial charge on any atom is 0.335 e. The number of nitrogens with zero attached hydrogens (tertiary/aromatic N) is 1. The van der Waals surface area contributed by atoms with Gasteiger partial charge in [-0.05, 0) is 42.3 Å². The van der Waals surface area contributed by atoms with Crippen molar-refractivity contribution in [3.8, 4) is 11.8 Å². The van der Waals surface area contributed by atoms with Crippen molar-refractivity contribution in [2.45, 2.75) is 19.6 Å². The van der Waals surface area contributed by atoms with Crippen molar-refractivity contribution >= 4 is 18.0 Å². The number of carboxylic acid groups (broad SMARTS) is 1. The highest BCUT2D eigenvalue weighted by Crippen LogP contribution is 2.23. The van der Waals surface area contributed by atoms with Gasteiger partial charge in [0.2, 0.25) is 0 Å². The van der Waals surface area contributed by atoms with E-state index in [1.54, 1.807) is 36.4 Å². The fourth-order valence-corrected chi connectivity index (χ4v) is 3.04. The van der Waals surface area contributed by atoms with E-state index in [0.717, 1.165) is 11.1 Å². The van der Waals surface area contributed by atoms with E-state index in [2.05, 4.69) is 5.32 Å². The smallest absolute Gasteiger partial charge is 0.335 e. The molecule has 3 rings (SSSR count). The zero-order valence-electron chi connectivity index (χ0n) is 17.5. The van der Waals surface area contributed by atoms with Crippen molar-refractivity contribution < 1.29 is 19.4 Å². The molecule has 1 atom stereocenters. The number of aromatic carboxylic acids is 1. The molecule has 0 aliphatic carbocycles. The maximum atomic E-state index is 12.6. The summed E-state index contributed by atoms with van der Waals surface area (Å²) in [5, 5.41) is 21.4. The number of para-hydroxylation sites is 1. The number of hydrogen-bond donors (Lipinski definition) is 2. The molecule has 0 fully saturated rings. The minimum atomic E-state index is -0.989. The largest absolute Gasteiger partial charge is 0.488 e. The van der Waals surface area contributed by atoms with Gasteiger partial charge in [0, 0.05) is 5.56 Å². The van der Waals surface area contributed by atoms with Gasteiger partial charge in [0.1, 0.15) is 24.0 Å². The molecule has 160 valence electrons. The second-order valence-electron chi connectivity index (χ2n) is 7.10. The zero-order chi connectivity index (χ0) is 22.9. The number of carboxylic acids is 1. The lowest BCUT2D eigenvalue weighted by atomic mass is 10.1. The van der Waals surface area contributed by atoms with Crippen molar-refractivity contribution in [3.63, 3.8) is 0 Å². The summed E-state index contributed by atoms with van der Waals surface area (Å²) in [5.41, 5.74) is 2.49. The molecular formula is C26H22N2O4. The molecule has 0 spiro atoms. The Morgan fingerprint density at radius 1 is 1.03 bits per heavy atom. The first kappa shape index (κ1) is 22.3. The monoisotopic (exact) mass is 426 g/mol. The van der Waals surface area contributed by atoms with Crippen LogP contribution in [0.5, 0.6) is 5.75 Å². The van der Waals surface area contributed by atoms with Crippen LogP contribution in [0.1, 0.15) is 40.0 Å². The van der Waals surface area contributed by atoms with E-state index in [0.29, 0.717) is 11.3 Å². The third-order valence-electron chi connectivity index (χ3n) is 4.83. The SMILES string of the molecule is C[C@H](NC(=O)/C(C#N)=C\c1ccccc1OCc1ccc(C(=O)O)cc1)c1ccccc1. The molecule has 0 heterocycles. The van der Waals surface area contributed by atoms with Crippen LogP contribution in [-0.2, 0) is 11.4 Å². The van der Waals surface area contributed by atoms with Gasteiger partial charge in [0.15, 0.2) is 0 Å². The van der Waals surface area contributed by atoms with Crippen LogP contribution in [0.25, 0.3) is 6.08 Å². The van der Waals surface area contributed by atoms with Crippen molar-refractivity contribution in [2.24, 2.45) is 0 Å². The lowest BCUT2D eigenvalue weighted by molar-refractivity contribution is -0.117. The number of amides is 1. The summed E-state index contributed by atoms with van der Waals surface area (Å²) in [6, 6.07) is 24.7. The predicted molar refractivity (Wildman–Crippen MR) is 121 cm³/mol. The number of rotatable bonds is 8. The van der Waals surface area contributed by atoms with E-state index in [1.165, 1.54) is 18.2 Å². The Morgan fingerprint density at radius 3 is 2.34 bits per heavy atom. The minimum Gasteiger partial charge on any atom is -0.488 e.